The van der Waals surface area contributed by atoms with Crippen LogP contribution < -0.4 is 10.1 Å². The maximum absolute atomic E-state index is 12.5. The minimum atomic E-state index is -1.07. The predicted octanol–water partition coefficient (Wildman–Crippen LogP) is 3.70. The topological polar surface area (TPSA) is 81.7 Å². The van der Waals surface area contributed by atoms with Crippen molar-refractivity contribution in [3.05, 3.63) is 64.1 Å². The number of carbonyl (C=O) groups excluding carboxylic acids is 3. The van der Waals surface area contributed by atoms with Crippen molar-refractivity contribution in [2.45, 2.75) is 20.0 Å². The summed E-state index contributed by atoms with van der Waals surface area (Å²) in [4.78, 5) is 36.6. The molecule has 2 unspecified atom stereocenters. The molecule has 6 nitrogen and oxygen atoms in total. The summed E-state index contributed by atoms with van der Waals surface area (Å²) in [7, 11) is 1.57. The van der Waals surface area contributed by atoms with Crippen LogP contribution in [-0.4, -0.2) is 31.3 Å². The summed E-state index contributed by atoms with van der Waals surface area (Å²) in [6, 6.07) is 13.9. The highest BCUT2D eigenvalue weighted by Crippen LogP contribution is 2.21. The zero-order valence-electron chi connectivity index (χ0n) is 15.9. The van der Waals surface area contributed by atoms with Gasteiger partial charge in [0.2, 0.25) is 0 Å². The van der Waals surface area contributed by atoms with E-state index < -0.39 is 18.0 Å². The standard InChI is InChI=1S/C21H22BrNO5/c1-13(24)19(12-23-20(25)16-5-4-6-17(22)11-16)21(26)28-14(2)15-7-9-18(27-3)10-8-15/h4-11,14,19H,12H2,1-3H3,(H,23,25). The van der Waals surface area contributed by atoms with Crippen molar-refractivity contribution in [1.82, 2.24) is 5.32 Å². The predicted molar refractivity (Wildman–Crippen MR) is 108 cm³/mol. The first-order chi connectivity index (χ1) is 13.3. The second-order valence-electron chi connectivity index (χ2n) is 6.24. The van der Waals surface area contributed by atoms with Crippen LogP contribution in [0, 0.1) is 5.92 Å². The second kappa shape index (κ2) is 10.0. The number of ether oxygens (including phenoxy) is 2. The Bertz CT molecular complexity index is 850. The van der Waals surface area contributed by atoms with Gasteiger partial charge in [-0.05, 0) is 49.7 Å². The Morgan fingerprint density at radius 1 is 1.11 bits per heavy atom. The molecular formula is C21H22BrNO5. The van der Waals surface area contributed by atoms with E-state index in [9.17, 15) is 14.4 Å². The third kappa shape index (κ3) is 5.92. The molecule has 0 aliphatic heterocycles. The fourth-order valence-corrected chi connectivity index (χ4v) is 2.92. The number of benzene rings is 2. The van der Waals surface area contributed by atoms with Gasteiger partial charge in [0.1, 0.15) is 23.6 Å². The first-order valence-corrected chi connectivity index (χ1v) is 9.49. The Kier molecular flexibility index (Phi) is 7.75. The van der Waals surface area contributed by atoms with Crippen molar-refractivity contribution in [3.63, 3.8) is 0 Å². The third-order valence-corrected chi connectivity index (χ3v) is 4.70. The van der Waals surface area contributed by atoms with Gasteiger partial charge in [-0.1, -0.05) is 34.1 Å². The van der Waals surface area contributed by atoms with E-state index in [1.165, 1.54) is 6.92 Å². The first kappa shape index (κ1) is 21.6. The van der Waals surface area contributed by atoms with E-state index in [0.29, 0.717) is 11.3 Å². The van der Waals surface area contributed by atoms with E-state index in [0.717, 1.165) is 10.0 Å². The van der Waals surface area contributed by atoms with E-state index in [4.69, 9.17) is 9.47 Å². The maximum Gasteiger partial charge on any atom is 0.318 e. The summed E-state index contributed by atoms with van der Waals surface area (Å²) in [6.45, 7) is 2.89. The number of ketones is 1. The van der Waals surface area contributed by atoms with Crippen LogP contribution in [0.25, 0.3) is 0 Å². The molecule has 0 saturated heterocycles. The van der Waals surface area contributed by atoms with Gasteiger partial charge in [-0.25, -0.2) is 0 Å². The summed E-state index contributed by atoms with van der Waals surface area (Å²) in [5.41, 5.74) is 1.20. The Balaban J connectivity index is 1.98. The van der Waals surface area contributed by atoms with Crippen molar-refractivity contribution in [3.8, 4) is 5.75 Å². The van der Waals surface area contributed by atoms with Crippen LogP contribution in [0.2, 0.25) is 0 Å². The highest BCUT2D eigenvalue weighted by Gasteiger charge is 2.27. The SMILES string of the molecule is COc1ccc(C(C)OC(=O)C(CNC(=O)c2cccc(Br)c2)C(C)=O)cc1. The summed E-state index contributed by atoms with van der Waals surface area (Å²) in [5.74, 6) is -1.80. The molecule has 0 heterocycles. The van der Waals surface area contributed by atoms with Gasteiger partial charge in [0.25, 0.3) is 5.91 Å². The van der Waals surface area contributed by atoms with Crippen LogP contribution in [0.3, 0.4) is 0 Å². The Morgan fingerprint density at radius 3 is 2.36 bits per heavy atom. The zero-order valence-corrected chi connectivity index (χ0v) is 17.5. The van der Waals surface area contributed by atoms with Crippen molar-refractivity contribution in [1.29, 1.82) is 0 Å². The van der Waals surface area contributed by atoms with Crippen LogP contribution in [0.15, 0.2) is 53.0 Å². The molecular weight excluding hydrogens is 426 g/mol. The lowest BCUT2D eigenvalue weighted by molar-refractivity contribution is -0.155. The fraction of sp³-hybridized carbons (Fsp3) is 0.286. The molecule has 0 bridgehead atoms. The fourth-order valence-electron chi connectivity index (χ4n) is 2.52. The van der Waals surface area contributed by atoms with Gasteiger partial charge in [-0.2, -0.15) is 0 Å². The molecule has 2 rings (SSSR count). The molecule has 2 atom stereocenters. The van der Waals surface area contributed by atoms with E-state index in [-0.39, 0.29) is 18.2 Å². The summed E-state index contributed by atoms with van der Waals surface area (Å²) in [5, 5.41) is 2.62. The molecule has 0 aromatic heterocycles. The molecule has 7 heteroatoms. The van der Waals surface area contributed by atoms with Crippen LogP contribution in [0.4, 0.5) is 0 Å². The van der Waals surface area contributed by atoms with Gasteiger partial charge < -0.3 is 14.8 Å². The molecule has 2 aromatic rings. The van der Waals surface area contributed by atoms with Gasteiger partial charge in [0, 0.05) is 16.6 Å². The molecule has 1 N–H and O–H groups in total. The van der Waals surface area contributed by atoms with Crippen molar-refractivity contribution >= 4 is 33.6 Å². The quantitative estimate of drug-likeness (QED) is 0.492. The van der Waals surface area contributed by atoms with Crippen molar-refractivity contribution in [2.75, 3.05) is 13.7 Å². The number of halogens is 1. The van der Waals surface area contributed by atoms with E-state index in [1.807, 2.05) is 0 Å². The lowest BCUT2D eigenvalue weighted by Gasteiger charge is -2.19. The smallest absolute Gasteiger partial charge is 0.318 e. The molecule has 148 valence electrons. The number of methoxy groups -OCH3 is 1. The minimum Gasteiger partial charge on any atom is -0.497 e. The normalized spacial score (nSPS) is 12.6. The zero-order chi connectivity index (χ0) is 20.7. The molecule has 0 spiro atoms. The third-order valence-electron chi connectivity index (χ3n) is 4.21. The van der Waals surface area contributed by atoms with Gasteiger partial charge in [-0.15, -0.1) is 0 Å². The number of rotatable bonds is 8. The van der Waals surface area contributed by atoms with E-state index in [1.54, 1.807) is 62.6 Å². The van der Waals surface area contributed by atoms with Gasteiger partial charge >= 0.3 is 5.97 Å². The second-order valence-corrected chi connectivity index (χ2v) is 7.15. The number of amides is 1. The summed E-state index contributed by atoms with van der Waals surface area (Å²) < 4.78 is 11.3. The molecule has 0 aliphatic rings. The van der Waals surface area contributed by atoms with Crippen molar-refractivity contribution < 1.29 is 23.9 Å². The number of hydrogen-bond donors (Lipinski definition) is 1. The summed E-state index contributed by atoms with van der Waals surface area (Å²) >= 11 is 3.30. The average Bonchev–Trinajstić information content (AvgIpc) is 2.67. The molecule has 2 aromatic carbocycles. The van der Waals surface area contributed by atoms with Gasteiger partial charge in [0.15, 0.2) is 0 Å². The van der Waals surface area contributed by atoms with Crippen LogP contribution in [0.1, 0.15) is 35.9 Å². The molecule has 1 amide bonds. The highest BCUT2D eigenvalue weighted by molar-refractivity contribution is 9.10. The van der Waals surface area contributed by atoms with E-state index >= 15 is 0 Å². The Morgan fingerprint density at radius 2 is 1.79 bits per heavy atom. The number of esters is 1. The number of nitrogens with one attached hydrogen (secondary N) is 1. The molecule has 28 heavy (non-hydrogen) atoms. The number of carbonyl (C=O) groups is 3. The van der Waals surface area contributed by atoms with Crippen molar-refractivity contribution in [2.24, 2.45) is 5.92 Å². The minimum absolute atomic E-state index is 0.130. The van der Waals surface area contributed by atoms with Crippen LogP contribution >= 0.6 is 15.9 Å². The lowest BCUT2D eigenvalue weighted by Crippen LogP contribution is -2.37. The Hall–Kier alpha value is -2.67. The molecule has 0 saturated carbocycles. The van der Waals surface area contributed by atoms with E-state index in [2.05, 4.69) is 21.2 Å². The first-order valence-electron chi connectivity index (χ1n) is 8.70. The van der Waals surface area contributed by atoms with Gasteiger partial charge in [0.05, 0.1) is 7.11 Å². The largest absolute Gasteiger partial charge is 0.497 e. The molecule has 0 radical (unpaired) electrons. The molecule has 0 aliphatic carbocycles. The van der Waals surface area contributed by atoms with Crippen LogP contribution in [-0.2, 0) is 14.3 Å². The summed E-state index contributed by atoms with van der Waals surface area (Å²) in [6.07, 6.45) is -0.541. The Labute approximate surface area is 172 Å². The lowest BCUT2D eigenvalue weighted by atomic mass is 10.0. The molecule has 0 fully saturated rings. The monoisotopic (exact) mass is 447 g/mol. The van der Waals surface area contributed by atoms with Crippen LogP contribution in [0.5, 0.6) is 5.75 Å². The number of hydrogen-bond acceptors (Lipinski definition) is 5. The average molecular weight is 448 g/mol. The van der Waals surface area contributed by atoms with Gasteiger partial charge in [-0.3, -0.25) is 14.4 Å². The highest BCUT2D eigenvalue weighted by atomic mass is 79.9. The number of Topliss-reactive ketones (excluding diaryl/α,β-unsaturated/α-hetero) is 1. The maximum atomic E-state index is 12.5.